The molecular formula is C20H27BO6. The van der Waals surface area contributed by atoms with Crippen LogP contribution in [-0.2, 0) is 24.5 Å². The van der Waals surface area contributed by atoms with Gasteiger partial charge in [-0.1, -0.05) is 39.8 Å². The zero-order valence-corrected chi connectivity index (χ0v) is 16.8. The highest BCUT2D eigenvalue weighted by Crippen LogP contribution is 2.42. The number of benzene rings is 1. The lowest BCUT2D eigenvalue weighted by Crippen LogP contribution is -2.36. The number of carboxylic acid groups (broad SMARTS) is 1. The van der Waals surface area contributed by atoms with Crippen molar-refractivity contribution in [3.63, 3.8) is 0 Å². The number of hydrogen-bond acceptors (Lipinski definition) is 5. The molecule has 0 spiro atoms. The molecule has 1 rings (SSSR count). The van der Waals surface area contributed by atoms with Crippen molar-refractivity contribution in [1.82, 2.24) is 0 Å². The average Bonchev–Trinajstić information content (AvgIpc) is 2.57. The largest absolute Gasteiger partial charge is 0.481 e. The smallest absolute Gasteiger partial charge is 0.338 e. The van der Waals surface area contributed by atoms with Gasteiger partial charge in [-0.05, 0) is 37.0 Å². The van der Waals surface area contributed by atoms with Crippen LogP contribution >= 0.6 is 0 Å². The van der Waals surface area contributed by atoms with E-state index in [9.17, 15) is 19.5 Å². The Morgan fingerprint density at radius 2 is 1.41 bits per heavy atom. The van der Waals surface area contributed by atoms with Gasteiger partial charge in [0.1, 0.15) is 13.2 Å². The van der Waals surface area contributed by atoms with Gasteiger partial charge >= 0.3 is 17.9 Å². The van der Waals surface area contributed by atoms with E-state index in [1.165, 1.54) is 12.1 Å². The average molecular weight is 374 g/mol. The summed E-state index contributed by atoms with van der Waals surface area (Å²) in [5, 5.41) is 8.06. The molecule has 146 valence electrons. The van der Waals surface area contributed by atoms with Crippen LogP contribution in [0.3, 0.4) is 0 Å². The van der Waals surface area contributed by atoms with Crippen molar-refractivity contribution in [2.75, 3.05) is 13.2 Å². The van der Waals surface area contributed by atoms with E-state index < -0.39 is 34.1 Å². The second kappa shape index (κ2) is 8.15. The lowest BCUT2D eigenvalue weighted by atomic mass is 9.55. The predicted molar refractivity (Wildman–Crippen MR) is 102 cm³/mol. The molecule has 2 radical (unpaired) electrons. The van der Waals surface area contributed by atoms with Gasteiger partial charge in [0.05, 0.1) is 18.8 Å². The van der Waals surface area contributed by atoms with Crippen LogP contribution < -0.4 is 0 Å². The number of carbonyl (C=O) groups excluding carboxylic acids is 2. The minimum Gasteiger partial charge on any atom is -0.481 e. The van der Waals surface area contributed by atoms with E-state index in [0.717, 1.165) is 0 Å². The van der Waals surface area contributed by atoms with Crippen LogP contribution in [0.4, 0.5) is 0 Å². The molecule has 0 amide bonds. The summed E-state index contributed by atoms with van der Waals surface area (Å²) in [5.41, 5.74) is -0.681. The molecule has 0 aromatic heterocycles. The molecule has 1 unspecified atom stereocenters. The monoisotopic (exact) mass is 374 g/mol. The molecule has 0 heterocycles. The first-order valence-corrected chi connectivity index (χ1v) is 8.68. The molecule has 1 aromatic rings. The number of carboxylic acids is 1. The molecule has 1 aromatic carbocycles. The van der Waals surface area contributed by atoms with Crippen molar-refractivity contribution < 1.29 is 29.0 Å². The molecule has 7 heteroatoms. The van der Waals surface area contributed by atoms with Crippen LogP contribution in [-0.4, -0.2) is 44.1 Å². The van der Waals surface area contributed by atoms with Gasteiger partial charge in [0.25, 0.3) is 0 Å². The van der Waals surface area contributed by atoms with Crippen LogP contribution in [0.5, 0.6) is 0 Å². The highest BCUT2D eigenvalue weighted by Gasteiger charge is 2.40. The van der Waals surface area contributed by atoms with Crippen molar-refractivity contribution in [3.8, 4) is 0 Å². The van der Waals surface area contributed by atoms with Gasteiger partial charge in [0.15, 0.2) is 0 Å². The Kier molecular flexibility index (Phi) is 6.86. The van der Waals surface area contributed by atoms with Gasteiger partial charge in [-0.25, -0.2) is 4.79 Å². The molecule has 6 nitrogen and oxygen atoms in total. The van der Waals surface area contributed by atoms with Crippen LogP contribution in [0.2, 0.25) is 5.31 Å². The van der Waals surface area contributed by atoms with E-state index in [2.05, 4.69) is 0 Å². The summed E-state index contributed by atoms with van der Waals surface area (Å²) < 4.78 is 10.2. The molecule has 0 aliphatic carbocycles. The third-order valence-electron chi connectivity index (χ3n) is 4.91. The summed E-state index contributed by atoms with van der Waals surface area (Å²) in [5.74, 6) is -2.11. The van der Waals surface area contributed by atoms with E-state index in [-0.39, 0.29) is 18.8 Å². The quantitative estimate of drug-likeness (QED) is 0.448. The minimum absolute atomic E-state index is 0.0996. The minimum atomic E-state index is -1.16. The van der Waals surface area contributed by atoms with Gasteiger partial charge in [0.2, 0.25) is 0 Å². The first-order valence-electron chi connectivity index (χ1n) is 8.68. The van der Waals surface area contributed by atoms with Crippen LogP contribution in [0.1, 0.15) is 57.5 Å². The maximum atomic E-state index is 12.1. The summed E-state index contributed by atoms with van der Waals surface area (Å²) in [6.45, 7) is 10.1. The van der Waals surface area contributed by atoms with E-state index in [0.29, 0.717) is 5.56 Å². The summed E-state index contributed by atoms with van der Waals surface area (Å²) in [7, 11) is 6.02. The molecule has 0 fully saturated rings. The third kappa shape index (κ3) is 5.34. The molecule has 1 N–H and O–H groups in total. The van der Waals surface area contributed by atoms with Gasteiger partial charge < -0.3 is 14.6 Å². The number of esters is 2. The Balaban J connectivity index is 2.57. The predicted octanol–water partition coefficient (Wildman–Crippen LogP) is 3.14. The van der Waals surface area contributed by atoms with Gasteiger partial charge in [-0.15, -0.1) is 0 Å². The topological polar surface area (TPSA) is 89.9 Å². The summed E-state index contributed by atoms with van der Waals surface area (Å²) in [6.07, 6.45) is 0. The summed E-state index contributed by atoms with van der Waals surface area (Å²) in [6, 6.07) is 6.16. The second-order valence-corrected chi connectivity index (χ2v) is 8.23. The van der Waals surface area contributed by atoms with E-state index >= 15 is 0 Å². The lowest BCUT2D eigenvalue weighted by molar-refractivity contribution is -0.151. The van der Waals surface area contributed by atoms with Crippen molar-refractivity contribution in [2.45, 2.75) is 52.3 Å². The normalized spacial score (nSPS) is 14.1. The van der Waals surface area contributed by atoms with E-state index in [4.69, 9.17) is 17.3 Å². The third-order valence-corrected chi connectivity index (χ3v) is 4.91. The Morgan fingerprint density at radius 3 is 1.85 bits per heavy atom. The first kappa shape index (κ1) is 22.7. The maximum absolute atomic E-state index is 12.1. The molecule has 1 atom stereocenters. The number of aliphatic carboxylic acids is 1. The maximum Gasteiger partial charge on any atom is 0.338 e. The van der Waals surface area contributed by atoms with Crippen LogP contribution in [0.15, 0.2) is 24.3 Å². The number of hydrogen-bond donors (Lipinski definition) is 1. The highest BCUT2D eigenvalue weighted by atomic mass is 16.6. The number of carbonyl (C=O) groups is 3. The van der Waals surface area contributed by atoms with Gasteiger partial charge in [-0.2, -0.15) is 0 Å². The molecular weight excluding hydrogens is 347 g/mol. The van der Waals surface area contributed by atoms with Gasteiger partial charge in [0, 0.05) is 5.31 Å². The van der Waals surface area contributed by atoms with Gasteiger partial charge in [-0.3, -0.25) is 9.59 Å². The first-order chi connectivity index (χ1) is 12.2. The second-order valence-electron chi connectivity index (χ2n) is 8.23. The Labute approximate surface area is 161 Å². The van der Waals surface area contributed by atoms with Crippen LogP contribution in [0, 0.1) is 5.41 Å². The SMILES string of the molecule is [B]C(C)(C(=O)OCCOC(=O)c1ccc(C(C)(C)C(=O)O)cc1)C(C)(C)C. The molecule has 0 saturated heterocycles. The molecule has 0 saturated carbocycles. The Hall–Kier alpha value is -2.31. The highest BCUT2D eigenvalue weighted by molar-refractivity contribution is 6.27. The number of rotatable bonds is 7. The van der Waals surface area contributed by atoms with Crippen LogP contribution in [0.25, 0.3) is 0 Å². The van der Waals surface area contributed by atoms with Crippen molar-refractivity contribution in [3.05, 3.63) is 35.4 Å². The van der Waals surface area contributed by atoms with Crippen molar-refractivity contribution in [1.29, 1.82) is 0 Å². The molecule has 0 aliphatic rings. The Bertz CT molecular complexity index is 698. The standard InChI is InChI=1S/C20H27BO6/c1-18(2,3)20(6,21)17(25)27-12-11-26-15(22)13-7-9-14(10-8-13)19(4,5)16(23)24/h7-10H,11-12H2,1-6H3,(H,23,24). The number of ether oxygens (including phenoxy) is 2. The lowest BCUT2D eigenvalue weighted by Gasteiger charge is -2.36. The van der Waals surface area contributed by atoms with Crippen molar-refractivity contribution >= 4 is 25.8 Å². The fourth-order valence-corrected chi connectivity index (χ4v) is 1.95. The van der Waals surface area contributed by atoms with Crippen molar-refractivity contribution in [2.24, 2.45) is 5.41 Å². The summed E-state index contributed by atoms with van der Waals surface area (Å²) >= 11 is 0. The molecule has 0 aliphatic heterocycles. The zero-order valence-electron chi connectivity index (χ0n) is 16.8. The molecule has 27 heavy (non-hydrogen) atoms. The molecule has 0 bridgehead atoms. The fourth-order valence-electron chi connectivity index (χ4n) is 1.95. The van der Waals surface area contributed by atoms with E-state index in [1.54, 1.807) is 32.9 Å². The Morgan fingerprint density at radius 1 is 0.926 bits per heavy atom. The summed E-state index contributed by atoms with van der Waals surface area (Å²) in [4.78, 5) is 35.4. The van der Waals surface area contributed by atoms with E-state index in [1.807, 2.05) is 20.8 Å². The zero-order chi connectivity index (χ0) is 21.0. The fraction of sp³-hybridized carbons (Fsp3) is 0.550.